The summed E-state index contributed by atoms with van der Waals surface area (Å²) in [7, 11) is 1.56. The molecule has 4 rings (SSSR count). The van der Waals surface area contributed by atoms with Gasteiger partial charge in [0.25, 0.3) is 0 Å². The first-order valence-electron chi connectivity index (χ1n) is 10.5. The molecule has 0 heterocycles. The molecule has 1 amide bonds. The van der Waals surface area contributed by atoms with Crippen molar-refractivity contribution in [1.29, 1.82) is 0 Å². The molecule has 0 spiro atoms. The molecule has 0 aromatic heterocycles. The Labute approximate surface area is 186 Å². The molecule has 6 heteroatoms. The molecule has 32 heavy (non-hydrogen) atoms. The van der Waals surface area contributed by atoms with E-state index in [-0.39, 0.29) is 25.5 Å². The molecule has 0 fully saturated rings. The third-order valence-corrected chi connectivity index (χ3v) is 5.80. The largest absolute Gasteiger partial charge is 0.497 e. The summed E-state index contributed by atoms with van der Waals surface area (Å²) in [4.78, 5) is 24.0. The van der Waals surface area contributed by atoms with Crippen LogP contribution in [-0.4, -0.2) is 37.4 Å². The minimum Gasteiger partial charge on any atom is -0.497 e. The summed E-state index contributed by atoms with van der Waals surface area (Å²) >= 11 is 0. The fourth-order valence-corrected chi connectivity index (χ4v) is 4.19. The van der Waals surface area contributed by atoms with Crippen LogP contribution in [0.1, 0.15) is 22.6 Å². The van der Waals surface area contributed by atoms with Crippen molar-refractivity contribution in [3.63, 3.8) is 0 Å². The van der Waals surface area contributed by atoms with E-state index in [0.29, 0.717) is 5.75 Å². The van der Waals surface area contributed by atoms with E-state index in [2.05, 4.69) is 29.6 Å². The Hall–Kier alpha value is -3.80. The Balaban J connectivity index is 1.36. The van der Waals surface area contributed by atoms with Crippen molar-refractivity contribution in [1.82, 2.24) is 5.32 Å². The molecule has 0 unspecified atom stereocenters. The highest BCUT2D eigenvalue weighted by atomic mass is 16.5. The highest BCUT2D eigenvalue weighted by molar-refractivity contribution is 5.79. The summed E-state index contributed by atoms with van der Waals surface area (Å²) < 4.78 is 10.7. The predicted molar refractivity (Wildman–Crippen MR) is 121 cm³/mol. The topological polar surface area (TPSA) is 84.9 Å². The molecule has 164 valence electrons. The minimum atomic E-state index is -0.980. The summed E-state index contributed by atoms with van der Waals surface area (Å²) in [6.07, 6.45) is -0.348. The van der Waals surface area contributed by atoms with Crippen LogP contribution in [0.2, 0.25) is 0 Å². The van der Waals surface area contributed by atoms with Gasteiger partial charge >= 0.3 is 12.1 Å². The maximum atomic E-state index is 12.4. The maximum Gasteiger partial charge on any atom is 0.407 e. The summed E-state index contributed by atoms with van der Waals surface area (Å²) in [5.41, 5.74) is 5.39. The molecule has 0 saturated heterocycles. The molecule has 0 aliphatic heterocycles. The van der Waals surface area contributed by atoms with Gasteiger partial charge in [0.1, 0.15) is 12.4 Å². The van der Waals surface area contributed by atoms with Gasteiger partial charge in [-0.15, -0.1) is 0 Å². The van der Waals surface area contributed by atoms with Crippen LogP contribution in [-0.2, 0) is 16.0 Å². The fourth-order valence-electron chi connectivity index (χ4n) is 4.19. The maximum absolute atomic E-state index is 12.4. The van der Waals surface area contributed by atoms with Crippen LogP contribution >= 0.6 is 0 Å². The van der Waals surface area contributed by atoms with Gasteiger partial charge in [0.05, 0.1) is 13.0 Å². The second-order valence-corrected chi connectivity index (χ2v) is 7.80. The number of fused-ring (bicyclic) bond motifs is 3. The SMILES string of the molecule is COc1cccc(C[C@@H](CNC(=O)OCC2c3ccccc3-c3ccccc32)C(=O)O)c1. The van der Waals surface area contributed by atoms with Gasteiger partial charge < -0.3 is 19.9 Å². The number of carboxylic acid groups (broad SMARTS) is 1. The van der Waals surface area contributed by atoms with Gasteiger partial charge in [-0.25, -0.2) is 4.79 Å². The average Bonchev–Trinajstić information content (AvgIpc) is 3.14. The van der Waals surface area contributed by atoms with Gasteiger partial charge in [-0.3, -0.25) is 4.79 Å². The summed E-state index contributed by atoms with van der Waals surface area (Å²) in [6.45, 7) is 0.163. The zero-order valence-electron chi connectivity index (χ0n) is 17.8. The minimum absolute atomic E-state index is 0.0246. The highest BCUT2D eigenvalue weighted by Crippen LogP contribution is 2.44. The van der Waals surface area contributed by atoms with Gasteiger partial charge in [0.2, 0.25) is 0 Å². The van der Waals surface area contributed by atoms with Crippen LogP contribution in [0.3, 0.4) is 0 Å². The van der Waals surface area contributed by atoms with E-state index in [9.17, 15) is 14.7 Å². The third-order valence-electron chi connectivity index (χ3n) is 5.80. The van der Waals surface area contributed by atoms with E-state index in [1.54, 1.807) is 19.2 Å². The number of carbonyl (C=O) groups is 2. The number of amides is 1. The summed E-state index contributed by atoms with van der Waals surface area (Å²) in [5, 5.41) is 12.2. The molecule has 6 nitrogen and oxygen atoms in total. The van der Waals surface area contributed by atoms with E-state index < -0.39 is 18.0 Å². The standard InChI is InChI=1S/C26H25NO5/c1-31-19-8-6-7-17(14-19)13-18(25(28)29)15-27-26(30)32-16-24-22-11-4-2-9-20(22)21-10-3-5-12-23(21)24/h2-12,14,18,24H,13,15-16H2,1H3,(H,27,30)(H,28,29)/t18-/m0/s1. The number of carbonyl (C=O) groups excluding carboxylic acids is 1. The smallest absolute Gasteiger partial charge is 0.407 e. The van der Waals surface area contributed by atoms with Gasteiger partial charge in [0, 0.05) is 12.5 Å². The number of benzene rings is 3. The zero-order valence-corrected chi connectivity index (χ0v) is 17.8. The van der Waals surface area contributed by atoms with E-state index in [4.69, 9.17) is 9.47 Å². The van der Waals surface area contributed by atoms with Crippen molar-refractivity contribution in [2.75, 3.05) is 20.3 Å². The predicted octanol–water partition coefficient (Wildman–Crippen LogP) is 4.48. The van der Waals surface area contributed by atoms with Crippen LogP contribution in [0.25, 0.3) is 11.1 Å². The number of hydrogen-bond donors (Lipinski definition) is 2. The van der Waals surface area contributed by atoms with Crippen molar-refractivity contribution >= 4 is 12.1 Å². The monoisotopic (exact) mass is 431 g/mol. The first-order valence-corrected chi connectivity index (χ1v) is 10.5. The number of carboxylic acids is 1. The third kappa shape index (κ3) is 4.59. The lowest BCUT2D eigenvalue weighted by Gasteiger charge is -2.16. The molecular formula is C26H25NO5. The van der Waals surface area contributed by atoms with Gasteiger partial charge in [0.15, 0.2) is 0 Å². The Kier molecular flexibility index (Phi) is 6.40. The van der Waals surface area contributed by atoms with Crippen molar-refractivity contribution < 1.29 is 24.2 Å². The molecule has 1 atom stereocenters. The molecule has 1 aliphatic rings. The van der Waals surface area contributed by atoms with Crippen molar-refractivity contribution in [2.24, 2.45) is 5.92 Å². The second kappa shape index (κ2) is 9.56. The van der Waals surface area contributed by atoms with Crippen LogP contribution < -0.4 is 10.1 Å². The number of ether oxygens (including phenoxy) is 2. The fraction of sp³-hybridized carbons (Fsp3) is 0.231. The Morgan fingerprint density at radius 2 is 1.62 bits per heavy atom. The zero-order chi connectivity index (χ0) is 22.5. The number of alkyl carbamates (subject to hydrolysis) is 1. The number of methoxy groups -OCH3 is 1. The number of nitrogens with one attached hydrogen (secondary N) is 1. The van der Waals surface area contributed by atoms with Crippen molar-refractivity contribution in [2.45, 2.75) is 12.3 Å². The van der Waals surface area contributed by atoms with Gasteiger partial charge in [-0.2, -0.15) is 0 Å². The number of aliphatic carboxylic acids is 1. The first-order chi connectivity index (χ1) is 15.6. The van der Waals surface area contributed by atoms with E-state index in [1.807, 2.05) is 36.4 Å². The molecule has 2 N–H and O–H groups in total. The Morgan fingerprint density at radius 1 is 0.969 bits per heavy atom. The quantitative estimate of drug-likeness (QED) is 0.549. The molecule has 0 bridgehead atoms. The first kappa shape index (κ1) is 21.4. The van der Waals surface area contributed by atoms with Crippen molar-refractivity contribution in [3.05, 3.63) is 89.5 Å². The van der Waals surface area contributed by atoms with Crippen LogP contribution in [0.4, 0.5) is 4.79 Å². The second-order valence-electron chi connectivity index (χ2n) is 7.80. The van der Waals surface area contributed by atoms with E-state index >= 15 is 0 Å². The van der Waals surface area contributed by atoms with E-state index in [0.717, 1.165) is 27.8 Å². The molecule has 1 aliphatic carbocycles. The molecule has 0 radical (unpaired) electrons. The van der Waals surface area contributed by atoms with Gasteiger partial charge in [-0.05, 0) is 46.4 Å². The Morgan fingerprint density at radius 3 is 2.25 bits per heavy atom. The number of rotatable bonds is 8. The van der Waals surface area contributed by atoms with Crippen LogP contribution in [0.15, 0.2) is 72.8 Å². The normalized spacial score (nSPS) is 13.0. The average molecular weight is 431 g/mol. The van der Waals surface area contributed by atoms with E-state index in [1.165, 1.54) is 0 Å². The van der Waals surface area contributed by atoms with Gasteiger partial charge in [-0.1, -0.05) is 60.7 Å². The lowest BCUT2D eigenvalue weighted by atomic mass is 9.98. The van der Waals surface area contributed by atoms with Crippen molar-refractivity contribution in [3.8, 4) is 16.9 Å². The Bertz CT molecular complexity index is 1080. The van der Waals surface area contributed by atoms with Crippen LogP contribution in [0, 0.1) is 5.92 Å². The molecular weight excluding hydrogens is 406 g/mol. The lowest BCUT2D eigenvalue weighted by molar-refractivity contribution is -0.141. The molecule has 0 saturated carbocycles. The summed E-state index contributed by atoms with van der Waals surface area (Å²) in [5.74, 6) is -1.13. The highest BCUT2D eigenvalue weighted by Gasteiger charge is 2.29. The molecule has 3 aromatic carbocycles. The van der Waals surface area contributed by atoms with Crippen LogP contribution in [0.5, 0.6) is 5.75 Å². The summed E-state index contributed by atoms with van der Waals surface area (Å²) in [6, 6.07) is 23.5. The lowest BCUT2D eigenvalue weighted by Crippen LogP contribution is -2.35. The number of hydrogen-bond acceptors (Lipinski definition) is 4. The molecule has 3 aromatic rings.